The summed E-state index contributed by atoms with van der Waals surface area (Å²) in [5.74, 6) is 0.389. The summed E-state index contributed by atoms with van der Waals surface area (Å²) in [6.07, 6.45) is 0.745. The van der Waals surface area contributed by atoms with Crippen LogP contribution in [0.25, 0.3) is 0 Å². The lowest BCUT2D eigenvalue weighted by atomic mass is 10.2. The number of hydrogen-bond donors (Lipinski definition) is 1. The van der Waals surface area contributed by atoms with Crippen LogP contribution < -0.4 is 5.73 Å². The molecule has 0 bridgehead atoms. The van der Waals surface area contributed by atoms with Gasteiger partial charge in [-0.3, -0.25) is 4.21 Å². The van der Waals surface area contributed by atoms with Crippen molar-refractivity contribution in [2.45, 2.75) is 24.3 Å². The summed E-state index contributed by atoms with van der Waals surface area (Å²) >= 11 is 12.0. The molecule has 1 aromatic carbocycles. The number of halogens is 2. The summed E-state index contributed by atoms with van der Waals surface area (Å²) in [6, 6.07) is 5.29. The summed E-state index contributed by atoms with van der Waals surface area (Å²) in [6.45, 7) is 2.47. The van der Waals surface area contributed by atoms with Gasteiger partial charge in [0.05, 0.1) is 5.75 Å². The van der Waals surface area contributed by atoms with E-state index in [0.29, 0.717) is 22.3 Å². The van der Waals surface area contributed by atoms with Crippen LogP contribution in [0.3, 0.4) is 0 Å². The van der Waals surface area contributed by atoms with Gasteiger partial charge in [0.15, 0.2) is 0 Å². The van der Waals surface area contributed by atoms with E-state index in [1.165, 1.54) is 0 Å². The Bertz CT molecular complexity index is 364. The highest BCUT2D eigenvalue weighted by atomic mass is 35.5. The van der Waals surface area contributed by atoms with Gasteiger partial charge >= 0.3 is 0 Å². The van der Waals surface area contributed by atoms with Gasteiger partial charge in [0.1, 0.15) is 0 Å². The van der Waals surface area contributed by atoms with E-state index in [9.17, 15) is 4.21 Å². The third kappa shape index (κ3) is 3.74. The van der Waals surface area contributed by atoms with Crippen LogP contribution in [0.5, 0.6) is 0 Å². The van der Waals surface area contributed by atoms with Gasteiger partial charge in [0.2, 0.25) is 0 Å². The van der Waals surface area contributed by atoms with Crippen LogP contribution in [0, 0.1) is 0 Å². The molecule has 0 aliphatic heterocycles. The molecule has 2 atom stereocenters. The highest BCUT2D eigenvalue weighted by Crippen LogP contribution is 2.26. The zero-order valence-corrected chi connectivity index (χ0v) is 11.4. The van der Waals surface area contributed by atoms with Crippen molar-refractivity contribution in [1.29, 1.82) is 0 Å². The molecule has 0 heterocycles. The van der Waals surface area contributed by atoms with Gasteiger partial charge < -0.3 is 5.73 Å². The van der Waals surface area contributed by atoms with Crippen molar-refractivity contribution in [2.24, 2.45) is 5.73 Å². The van der Waals surface area contributed by atoms with Crippen molar-refractivity contribution in [1.82, 2.24) is 0 Å². The lowest BCUT2D eigenvalue weighted by Gasteiger charge is -2.12. The van der Waals surface area contributed by atoms with Crippen molar-refractivity contribution in [3.8, 4) is 0 Å². The van der Waals surface area contributed by atoms with Crippen LogP contribution in [0.15, 0.2) is 18.2 Å². The third-order valence-corrected chi connectivity index (χ3v) is 4.78. The molecule has 16 heavy (non-hydrogen) atoms. The van der Waals surface area contributed by atoms with Gasteiger partial charge in [0, 0.05) is 31.7 Å². The van der Waals surface area contributed by atoms with Gasteiger partial charge in [0.25, 0.3) is 0 Å². The van der Waals surface area contributed by atoms with Gasteiger partial charge in [-0.15, -0.1) is 0 Å². The molecule has 2 unspecified atom stereocenters. The van der Waals surface area contributed by atoms with Crippen LogP contribution in [-0.2, 0) is 16.6 Å². The predicted octanol–water partition coefficient (Wildman–Crippen LogP) is 2.98. The quantitative estimate of drug-likeness (QED) is 0.901. The molecule has 0 amide bonds. The molecule has 0 saturated heterocycles. The maximum Gasteiger partial charge on any atom is 0.0517 e. The molecule has 2 N–H and O–H groups in total. The minimum absolute atomic E-state index is 0.0670. The van der Waals surface area contributed by atoms with E-state index < -0.39 is 10.8 Å². The minimum atomic E-state index is -0.985. The van der Waals surface area contributed by atoms with Crippen molar-refractivity contribution >= 4 is 34.0 Å². The summed E-state index contributed by atoms with van der Waals surface area (Å²) in [5.41, 5.74) is 6.19. The number of rotatable bonds is 5. The Morgan fingerprint density at radius 3 is 2.44 bits per heavy atom. The maximum atomic E-state index is 11.9. The molecular formula is C11H15Cl2NOS. The Morgan fingerprint density at radius 1 is 1.38 bits per heavy atom. The molecule has 1 rings (SSSR count). The lowest BCUT2D eigenvalue weighted by Crippen LogP contribution is -2.17. The first-order valence-electron chi connectivity index (χ1n) is 5.06. The molecule has 0 saturated carbocycles. The van der Waals surface area contributed by atoms with Crippen LogP contribution in [0.4, 0.5) is 0 Å². The second kappa shape index (κ2) is 6.60. The van der Waals surface area contributed by atoms with E-state index in [0.717, 1.165) is 12.0 Å². The Labute approximate surface area is 109 Å². The van der Waals surface area contributed by atoms with E-state index in [-0.39, 0.29) is 5.25 Å². The second-order valence-corrected chi connectivity index (χ2v) is 6.28. The summed E-state index contributed by atoms with van der Waals surface area (Å²) in [4.78, 5) is 0. The first kappa shape index (κ1) is 14.0. The summed E-state index contributed by atoms with van der Waals surface area (Å²) in [5, 5.41) is 1.21. The standard InChI is InChI=1S/C11H15Cl2NOS/c1-8(5-6-14)16(15)7-9-10(12)3-2-4-11(9)13/h2-4,8H,5-7,14H2,1H3. The van der Waals surface area contributed by atoms with E-state index >= 15 is 0 Å². The van der Waals surface area contributed by atoms with Crippen molar-refractivity contribution in [2.75, 3.05) is 6.54 Å². The molecule has 5 heteroatoms. The monoisotopic (exact) mass is 279 g/mol. The highest BCUT2D eigenvalue weighted by Gasteiger charge is 2.14. The number of benzene rings is 1. The first-order valence-corrected chi connectivity index (χ1v) is 7.20. The summed E-state index contributed by atoms with van der Waals surface area (Å²) < 4.78 is 11.9. The third-order valence-electron chi connectivity index (χ3n) is 2.37. The average molecular weight is 280 g/mol. The highest BCUT2D eigenvalue weighted by molar-refractivity contribution is 7.84. The van der Waals surface area contributed by atoms with Gasteiger partial charge in [-0.1, -0.05) is 36.2 Å². The SMILES string of the molecule is CC(CCN)S(=O)Cc1c(Cl)cccc1Cl. The Balaban J connectivity index is 2.77. The van der Waals surface area contributed by atoms with Crippen LogP contribution >= 0.6 is 23.2 Å². The van der Waals surface area contributed by atoms with Gasteiger partial charge in [-0.05, 0) is 25.1 Å². The van der Waals surface area contributed by atoms with Crippen LogP contribution in [0.1, 0.15) is 18.9 Å². The molecule has 90 valence electrons. The molecule has 0 radical (unpaired) electrons. The Kier molecular flexibility index (Phi) is 5.76. The fraction of sp³-hybridized carbons (Fsp3) is 0.455. The zero-order valence-electron chi connectivity index (χ0n) is 9.08. The van der Waals surface area contributed by atoms with Crippen molar-refractivity contribution in [3.05, 3.63) is 33.8 Å². The fourth-order valence-electron chi connectivity index (χ4n) is 1.32. The minimum Gasteiger partial charge on any atom is -0.330 e. The Hall–Kier alpha value is -0.0900. The largest absolute Gasteiger partial charge is 0.330 e. The normalized spacial score (nSPS) is 14.8. The predicted molar refractivity (Wildman–Crippen MR) is 71.4 cm³/mol. The molecular weight excluding hydrogens is 265 g/mol. The number of nitrogens with two attached hydrogens (primary N) is 1. The van der Waals surface area contributed by atoms with E-state index in [1.54, 1.807) is 18.2 Å². The lowest BCUT2D eigenvalue weighted by molar-refractivity contribution is 0.665. The van der Waals surface area contributed by atoms with Crippen molar-refractivity contribution in [3.63, 3.8) is 0 Å². The number of hydrogen-bond acceptors (Lipinski definition) is 2. The van der Waals surface area contributed by atoms with E-state index in [4.69, 9.17) is 28.9 Å². The molecule has 0 aliphatic rings. The van der Waals surface area contributed by atoms with E-state index in [1.807, 2.05) is 6.92 Å². The maximum absolute atomic E-state index is 11.9. The first-order chi connectivity index (χ1) is 7.56. The zero-order chi connectivity index (χ0) is 12.1. The van der Waals surface area contributed by atoms with Crippen LogP contribution in [-0.4, -0.2) is 16.0 Å². The molecule has 0 fully saturated rings. The molecule has 0 aromatic heterocycles. The van der Waals surface area contributed by atoms with E-state index in [2.05, 4.69) is 0 Å². The molecule has 0 spiro atoms. The molecule has 1 aromatic rings. The molecule has 0 aliphatic carbocycles. The second-order valence-electron chi connectivity index (χ2n) is 3.61. The van der Waals surface area contributed by atoms with Crippen LogP contribution in [0.2, 0.25) is 10.0 Å². The average Bonchev–Trinajstić information content (AvgIpc) is 2.23. The van der Waals surface area contributed by atoms with Crippen molar-refractivity contribution < 1.29 is 4.21 Å². The molecule has 2 nitrogen and oxygen atoms in total. The Morgan fingerprint density at radius 2 is 1.94 bits per heavy atom. The van der Waals surface area contributed by atoms with Gasteiger partial charge in [-0.25, -0.2) is 0 Å². The summed E-state index contributed by atoms with van der Waals surface area (Å²) in [7, 11) is -0.985. The topological polar surface area (TPSA) is 43.1 Å². The smallest absolute Gasteiger partial charge is 0.0517 e. The van der Waals surface area contributed by atoms with Gasteiger partial charge in [-0.2, -0.15) is 0 Å². The fourth-order valence-corrected chi connectivity index (χ4v) is 3.29.